The van der Waals surface area contributed by atoms with Crippen molar-refractivity contribution in [1.29, 1.82) is 5.26 Å². The van der Waals surface area contributed by atoms with Crippen molar-refractivity contribution in [2.24, 2.45) is 0 Å². The molecule has 106 valence electrons. The summed E-state index contributed by atoms with van der Waals surface area (Å²) in [6.45, 7) is 5.00. The molecule has 5 nitrogen and oxygen atoms in total. The molecule has 0 saturated heterocycles. The predicted octanol–water partition coefficient (Wildman–Crippen LogP) is 1.61. The Bertz CT molecular complexity index is 589. The molecule has 0 aliphatic carbocycles. The van der Waals surface area contributed by atoms with Crippen LogP contribution in [0.15, 0.2) is 18.2 Å². The molecule has 1 aromatic rings. The molecule has 0 radical (unpaired) electrons. The molecule has 2 atom stereocenters. The van der Waals surface area contributed by atoms with E-state index >= 15 is 0 Å². The van der Waals surface area contributed by atoms with Gasteiger partial charge in [0.2, 0.25) is 5.91 Å². The SMILES string of the molecule is CC(=O)N(C)[C@H]1c2cc(C#N)ccc2OC(C)(C)[C@@H]1O. The minimum atomic E-state index is -0.877. The number of carbonyl (C=O) groups is 1. The Morgan fingerprint density at radius 1 is 1.50 bits per heavy atom. The third kappa shape index (κ3) is 2.23. The molecule has 1 N–H and O–H groups in total. The quantitative estimate of drug-likeness (QED) is 0.844. The Hall–Kier alpha value is -2.06. The van der Waals surface area contributed by atoms with Crippen molar-refractivity contribution in [3.8, 4) is 11.8 Å². The van der Waals surface area contributed by atoms with Crippen LogP contribution >= 0.6 is 0 Å². The van der Waals surface area contributed by atoms with E-state index in [0.717, 1.165) is 0 Å². The van der Waals surface area contributed by atoms with Crippen LogP contribution in [0, 0.1) is 11.3 Å². The molecule has 0 spiro atoms. The van der Waals surface area contributed by atoms with E-state index < -0.39 is 17.7 Å². The molecule has 0 unspecified atom stereocenters. The number of aliphatic hydroxyl groups is 1. The first kappa shape index (κ1) is 14.4. The second kappa shape index (κ2) is 4.80. The highest BCUT2D eigenvalue weighted by Crippen LogP contribution is 2.42. The fraction of sp³-hybridized carbons (Fsp3) is 0.467. The molecule has 2 rings (SSSR count). The number of rotatable bonds is 1. The van der Waals surface area contributed by atoms with Crippen LogP contribution in [0.25, 0.3) is 0 Å². The van der Waals surface area contributed by atoms with Gasteiger partial charge in [0.05, 0.1) is 17.7 Å². The van der Waals surface area contributed by atoms with Crippen LogP contribution in [-0.2, 0) is 4.79 Å². The van der Waals surface area contributed by atoms with Gasteiger partial charge in [0.1, 0.15) is 17.5 Å². The zero-order valence-corrected chi connectivity index (χ0v) is 12.0. The van der Waals surface area contributed by atoms with Crippen LogP contribution in [0.1, 0.15) is 37.9 Å². The minimum absolute atomic E-state index is 0.153. The van der Waals surface area contributed by atoms with E-state index in [1.807, 2.05) is 0 Å². The normalized spacial score (nSPS) is 23.2. The third-order valence-corrected chi connectivity index (χ3v) is 3.76. The van der Waals surface area contributed by atoms with E-state index in [9.17, 15) is 9.90 Å². The number of likely N-dealkylation sites (N-methyl/N-ethyl adjacent to an activating group) is 1. The lowest BCUT2D eigenvalue weighted by atomic mass is 9.85. The second-order valence-corrected chi connectivity index (χ2v) is 5.59. The smallest absolute Gasteiger partial charge is 0.219 e. The van der Waals surface area contributed by atoms with Gasteiger partial charge in [-0.15, -0.1) is 0 Å². The number of fused-ring (bicyclic) bond motifs is 1. The van der Waals surface area contributed by atoms with Gasteiger partial charge < -0.3 is 14.7 Å². The molecular weight excluding hydrogens is 256 g/mol. The van der Waals surface area contributed by atoms with Gasteiger partial charge in [-0.25, -0.2) is 0 Å². The van der Waals surface area contributed by atoms with Crippen molar-refractivity contribution in [3.05, 3.63) is 29.3 Å². The first-order valence-electron chi connectivity index (χ1n) is 6.42. The Morgan fingerprint density at radius 3 is 2.70 bits per heavy atom. The van der Waals surface area contributed by atoms with Crippen molar-refractivity contribution in [2.75, 3.05) is 7.05 Å². The molecule has 1 heterocycles. The lowest BCUT2D eigenvalue weighted by Crippen LogP contribution is -2.53. The summed E-state index contributed by atoms with van der Waals surface area (Å²) in [4.78, 5) is 13.2. The maximum absolute atomic E-state index is 11.7. The Morgan fingerprint density at radius 2 is 2.15 bits per heavy atom. The van der Waals surface area contributed by atoms with Gasteiger partial charge in [-0.1, -0.05) is 0 Å². The Labute approximate surface area is 118 Å². The highest BCUT2D eigenvalue weighted by molar-refractivity contribution is 5.74. The Balaban J connectivity index is 2.60. The lowest BCUT2D eigenvalue weighted by molar-refractivity contribution is -0.139. The molecule has 1 amide bonds. The number of amides is 1. The van der Waals surface area contributed by atoms with E-state index in [-0.39, 0.29) is 5.91 Å². The van der Waals surface area contributed by atoms with Gasteiger partial charge in [-0.2, -0.15) is 5.26 Å². The third-order valence-electron chi connectivity index (χ3n) is 3.76. The van der Waals surface area contributed by atoms with Crippen LogP contribution in [0.4, 0.5) is 0 Å². The fourth-order valence-electron chi connectivity index (χ4n) is 2.45. The predicted molar refractivity (Wildman–Crippen MR) is 73.1 cm³/mol. The number of ether oxygens (including phenoxy) is 1. The van der Waals surface area contributed by atoms with Crippen molar-refractivity contribution >= 4 is 5.91 Å². The average molecular weight is 274 g/mol. The summed E-state index contributed by atoms with van der Waals surface area (Å²) < 4.78 is 5.79. The highest BCUT2D eigenvalue weighted by atomic mass is 16.5. The first-order chi connectivity index (χ1) is 9.27. The van der Waals surface area contributed by atoms with Crippen LogP contribution in [0.2, 0.25) is 0 Å². The molecule has 0 fully saturated rings. The standard InChI is InChI=1S/C15H18N2O3/c1-9(18)17(4)13-11-7-10(8-16)5-6-12(11)20-15(2,3)14(13)19/h5-7,13-14,19H,1-4H3/t13-,14+/m0/s1. The average Bonchev–Trinajstić information content (AvgIpc) is 2.38. The number of benzene rings is 1. The fourth-order valence-corrected chi connectivity index (χ4v) is 2.45. The zero-order chi connectivity index (χ0) is 15.1. The van der Waals surface area contributed by atoms with E-state index in [0.29, 0.717) is 16.9 Å². The summed E-state index contributed by atoms with van der Waals surface area (Å²) in [6, 6.07) is 6.57. The molecule has 1 aliphatic heterocycles. The number of hydrogen-bond acceptors (Lipinski definition) is 4. The van der Waals surface area contributed by atoms with Gasteiger partial charge in [0, 0.05) is 19.5 Å². The highest BCUT2D eigenvalue weighted by Gasteiger charge is 2.45. The summed E-state index contributed by atoms with van der Waals surface area (Å²) in [5.74, 6) is 0.442. The minimum Gasteiger partial charge on any atom is -0.485 e. The number of nitrogens with zero attached hydrogens (tertiary/aromatic N) is 2. The monoisotopic (exact) mass is 274 g/mol. The molecule has 0 saturated carbocycles. The van der Waals surface area contributed by atoms with Crippen LogP contribution < -0.4 is 4.74 Å². The van der Waals surface area contributed by atoms with Crippen molar-refractivity contribution in [3.63, 3.8) is 0 Å². The van der Waals surface area contributed by atoms with E-state index in [2.05, 4.69) is 6.07 Å². The number of nitriles is 1. The lowest BCUT2D eigenvalue weighted by Gasteiger charge is -2.45. The van der Waals surface area contributed by atoms with E-state index in [4.69, 9.17) is 10.00 Å². The Kier molecular flexibility index (Phi) is 3.45. The first-order valence-corrected chi connectivity index (χ1v) is 6.42. The zero-order valence-electron chi connectivity index (χ0n) is 12.0. The summed E-state index contributed by atoms with van der Waals surface area (Å²) in [5, 5.41) is 19.5. The van der Waals surface area contributed by atoms with Crippen LogP contribution in [-0.4, -0.2) is 34.7 Å². The maximum Gasteiger partial charge on any atom is 0.219 e. The largest absolute Gasteiger partial charge is 0.485 e. The van der Waals surface area contributed by atoms with Crippen molar-refractivity contribution < 1.29 is 14.6 Å². The summed E-state index contributed by atoms with van der Waals surface area (Å²) >= 11 is 0. The summed E-state index contributed by atoms with van der Waals surface area (Å²) in [7, 11) is 1.64. The van der Waals surface area contributed by atoms with Crippen molar-refractivity contribution in [2.45, 2.75) is 38.5 Å². The van der Waals surface area contributed by atoms with Gasteiger partial charge in [-0.3, -0.25) is 4.79 Å². The maximum atomic E-state index is 11.7. The second-order valence-electron chi connectivity index (χ2n) is 5.59. The van der Waals surface area contributed by atoms with Gasteiger partial charge in [0.25, 0.3) is 0 Å². The molecule has 1 aliphatic rings. The van der Waals surface area contributed by atoms with Gasteiger partial charge >= 0.3 is 0 Å². The number of carbonyl (C=O) groups excluding carboxylic acids is 1. The molecular formula is C15H18N2O3. The number of aliphatic hydroxyl groups excluding tert-OH is 1. The van der Waals surface area contributed by atoms with Gasteiger partial charge in [-0.05, 0) is 32.0 Å². The topological polar surface area (TPSA) is 73.6 Å². The van der Waals surface area contributed by atoms with Gasteiger partial charge in [0.15, 0.2) is 0 Å². The molecule has 0 aromatic heterocycles. The number of hydrogen-bond donors (Lipinski definition) is 1. The molecule has 0 bridgehead atoms. The molecule has 1 aromatic carbocycles. The van der Waals surface area contributed by atoms with E-state index in [1.165, 1.54) is 11.8 Å². The van der Waals surface area contributed by atoms with Crippen molar-refractivity contribution in [1.82, 2.24) is 4.90 Å². The summed E-state index contributed by atoms with van der Waals surface area (Å²) in [6.07, 6.45) is -0.877. The summed E-state index contributed by atoms with van der Waals surface area (Å²) in [5.41, 5.74) is 0.324. The van der Waals surface area contributed by atoms with Crippen LogP contribution in [0.5, 0.6) is 5.75 Å². The molecule has 20 heavy (non-hydrogen) atoms. The molecule has 5 heteroatoms. The van der Waals surface area contributed by atoms with E-state index in [1.54, 1.807) is 39.1 Å². The van der Waals surface area contributed by atoms with Crippen LogP contribution in [0.3, 0.4) is 0 Å².